The van der Waals surface area contributed by atoms with Gasteiger partial charge in [-0.05, 0) is 37.1 Å². The van der Waals surface area contributed by atoms with Gasteiger partial charge in [0.1, 0.15) is 0 Å². The lowest BCUT2D eigenvalue weighted by Crippen LogP contribution is -2.10. The molecule has 0 heterocycles. The highest BCUT2D eigenvalue weighted by Gasteiger charge is 2.02. The molecule has 1 amide bonds. The van der Waals surface area contributed by atoms with Gasteiger partial charge in [-0.25, -0.2) is 0 Å². The smallest absolute Gasteiger partial charge is 0.224 e. The summed E-state index contributed by atoms with van der Waals surface area (Å²) in [7, 11) is 1.89. The van der Waals surface area contributed by atoms with Gasteiger partial charge in [-0.2, -0.15) is 0 Å². The van der Waals surface area contributed by atoms with Crippen LogP contribution < -0.4 is 10.6 Å². The summed E-state index contributed by atoms with van der Waals surface area (Å²) in [5, 5.41) is 5.96. The van der Waals surface area contributed by atoms with E-state index in [1.54, 1.807) is 0 Å². The molecule has 0 spiro atoms. The molecule has 82 valence electrons. The standard InChI is InChI=1S/C12H18N2O/c1-4-5-12(15)14-10-6-7-11(13-3)9(2)8-10/h6-8,13H,4-5H2,1-3H3,(H,14,15). The highest BCUT2D eigenvalue weighted by molar-refractivity contribution is 5.91. The Morgan fingerprint density at radius 1 is 1.40 bits per heavy atom. The maximum Gasteiger partial charge on any atom is 0.224 e. The molecule has 0 fully saturated rings. The normalized spacial score (nSPS) is 9.80. The predicted molar refractivity (Wildman–Crippen MR) is 64.3 cm³/mol. The molecule has 0 unspecified atom stereocenters. The molecule has 0 aliphatic rings. The molecule has 3 nitrogen and oxygen atoms in total. The second-order valence-corrected chi connectivity index (χ2v) is 3.58. The van der Waals surface area contributed by atoms with Gasteiger partial charge >= 0.3 is 0 Å². The quantitative estimate of drug-likeness (QED) is 0.795. The Bertz CT molecular complexity index is 347. The van der Waals surface area contributed by atoms with E-state index in [-0.39, 0.29) is 5.91 Å². The molecule has 0 saturated heterocycles. The average Bonchev–Trinajstić information content (AvgIpc) is 2.18. The zero-order valence-corrected chi connectivity index (χ0v) is 9.55. The summed E-state index contributed by atoms with van der Waals surface area (Å²) in [4.78, 5) is 11.4. The van der Waals surface area contributed by atoms with Crippen LogP contribution in [0.25, 0.3) is 0 Å². The number of nitrogens with one attached hydrogen (secondary N) is 2. The molecule has 1 aromatic carbocycles. The SMILES string of the molecule is CCCC(=O)Nc1ccc(NC)c(C)c1. The molecule has 0 aliphatic carbocycles. The molecule has 2 N–H and O–H groups in total. The Kier molecular flexibility index (Phi) is 4.16. The van der Waals surface area contributed by atoms with Crippen molar-refractivity contribution < 1.29 is 4.79 Å². The van der Waals surface area contributed by atoms with Crippen molar-refractivity contribution in [2.45, 2.75) is 26.7 Å². The summed E-state index contributed by atoms with van der Waals surface area (Å²) in [5.74, 6) is 0.0779. The number of benzene rings is 1. The number of carbonyl (C=O) groups excluding carboxylic acids is 1. The second-order valence-electron chi connectivity index (χ2n) is 3.58. The lowest BCUT2D eigenvalue weighted by molar-refractivity contribution is -0.116. The Morgan fingerprint density at radius 3 is 2.67 bits per heavy atom. The molecule has 0 bridgehead atoms. The Labute approximate surface area is 90.9 Å². The topological polar surface area (TPSA) is 41.1 Å². The minimum absolute atomic E-state index is 0.0779. The summed E-state index contributed by atoms with van der Waals surface area (Å²) >= 11 is 0. The van der Waals surface area contributed by atoms with E-state index in [4.69, 9.17) is 0 Å². The minimum atomic E-state index is 0.0779. The number of hydrogen-bond acceptors (Lipinski definition) is 2. The molecule has 0 saturated carbocycles. The summed E-state index contributed by atoms with van der Waals surface area (Å²) in [6.07, 6.45) is 1.45. The maximum absolute atomic E-state index is 11.4. The van der Waals surface area contributed by atoms with Crippen molar-refractivity contribution in [3.63, 3.8) is 0 Å². The van der Waals surface area contributed by atoms with Crippen molar-refractivity contribution in [2.75, 3.05) is 17.7 Å². The van der Waals surface area contributed by atoms with Crippen molar-refractivity contribution in [2.24, 2.45) is 0 Å². The zero-order chi connectivity index (χ0) is 11.3. The van der Waals surface area contributed by atoms with Gasteiger partial charge in [0.05, 0.1) is 0 Å². The highest BCUT2D eigenvalue weighted by Crippen LogP contribution is 2.19. The Balaban J connectivity index is 2.71. The van der Waals surface area contributed by atoms with Crippen LogP contribution >= 0.6 is 0 Å². The van der Waals surface area contributed by atoms with Crippen molar-refractivity contribution >= 4 is 17.3 Å². The van der Waals surface area contributed by atoms with Crippen LogP contribution in [0.1, 0.15) is 25.3 Å². The first-order valence-corrected chi connectivity index (χ1v) is 5.25. The first-order valence-electron chi connectivity index (χ1n) is 5.25. The monoisotopic (exact) mass is 206 g/mol. The van der Waals surface area contributed by atoms with Gasteiger partial charge in [-0.3, -0.25) is 4.79 Å². The number of hydrogen-bond donors (Lipinski definition) is 2. The van der Waals surface area contributed by atoms with E-state index < -0.39 is 0 Å². The van der Waals surface area contributed by atoms with Crippen LogP contribution in [0.2, 0.25) is 0 Å². The van der Waals surface area contributed by atoms with Crippen LogP contribution in [0.4, 0.5) is 11.4 Å². The second kappa shape index (κ2) is 5.39. The van der Waals surface area contributed by atoms with Gasteiger partial charge in [0.15, 0.2) is 0 Å². The minimum Gasteiger partial charge on any atom is -0.388 e. The molecule has 1 rings (SSSR count). The van der Waals surface area contributed by atoms with Gasteiger partial charge in [-0.1, -0.05) is 6.92 Å². The number of aryl methyl sites for hydroxylation is 1. The van der Waals surface area contributed by atoms with Gasteiger partial charge in [0, 0.05) is 24.8 Å². The van der Waals surface area contributed by atoms with Crippen LogP contribution in [0.15, 0.2) is 18.2 Å². The van der Waals surface area contributed by atoms with Crippen LogP contribution in [-0.4, -0.2) is 13.0 Å². The first kappa shape index (κ1) is 11.6. The van der Waals surface area contributed by atoms with Crippen molar-refractivity contribution in [3.8, 4) is 0 Å². The fourth-order valence-corrected chi connectivity index (χ4v) is 1.47. The van der Waals surface area contributed by atoms with Gasteiger partial charge in [0.2, 0.25) is 5.91 Å². The molecule has 0 aliphatic heterocycles. The Morgan fingerprint density at radius 2 is 2.13 bits per heavy atom. The molecular weight excluding hydrogens is 188 g/mol. The summed E-state index contributed by atoms with van der Waals surface area (Å²) in [5.41, 5.74) is 3.08. The van der Waals surface area contributed by atoms with Gasteiger partial charge in [0.25, 0.3) is 0 Å². The van der Waals surface area contributed by atoms with Gasteiger partial charge < -0.3 is 10.6 Å². The third-order valence-electron chi connectivity index (χ3n) is 2.26. The van der Waals surface area contributed by atoms with E-state index in [2.05, 4.69) is 10.6 Å². The molecule has 0 atom stereocenters. The van der Waals surface area contributed by atoms with Crippen LogP contribution in [0.3, 0.4) is 0 Å². The zero-order valence-electron chi connectivity index (χ0n) is 9.55. The lowest BCUT2D eigenvalue weighted by atomic mass is 10.1. The fourth-order valence-electron chi connectivity index (χ4n) is 1.47. The number of anilines is 2. The molecule has 0 aromatic heterocycles. The van der Waals surface area contributed by atoms with Crippen LogP contribution in [0, 0.1) is 6.92 Å². The molecule has 3 heteroatoms. The number of amides is 1. The highest BCUT2D eigenvalue weighted by atomic mass is 16.1. The van der Waals surface area contributed by atoms with Crippen molar-refractivity contribution in [1.82, 2.24) is 0 Å². The summed E-state index contributed by atoms with van der Waals surface area (Å²) < 4.78 is 0. The first-order chi connectivity index (χ1) is 7.17. The van der Waals surface area contributed by atoms with E-state index in [0.717, 1.165) is 23.4 Å². The largest absolute Gasteiger partial charge is 0.388 e. The predicted octanol–water partition coefficient (Wildman–Crippen LogP) is 2.78. The number of rotatable bonds is 4. The van der Waals surface area contributed by atoms with Crippen molar-refractivity contribution in [1.29, 1.82) is 0 Å². The van der Waals surface area contributed by atoms with E-state index in [0.29, 0.717) is 6.42 Å². The lowest BCUT2D eigenvalue weighted by Gasteiger charge is -2.08. The van der Waals surface area contributed by atoms with E-state index in [1.165, 1.54) is 0 Å². The molecule has 1 aromatic rings. The van der Waals surface area contributed by atoms with Crippen LogP contribution in [0.5, 0.6) is 0 Å². The van der Waals surface area contributed by atoms with Gasteiger partial charge in [-0.15, -0.1) is 0 Å². The maximum atomic E-state index is 11.4. The summed E-state index contributed by atoms with van der Waals surface area (Å²) in [6, 6.07) is 5.85. The fraction of sp³-hybridized carbons (Fsp3) is 0.417. The molecular formula is C12H18N2O. The third kappa shape index (κ3) is 3.27. The summed E-state index contributed by atoms with van der Waals surface area (Å²) in [6.45, 7) is 4.01. The third-order valence-corrected chi connectivity index (χ3v) is 2.26. The van der Waals surface area contributed by atoms with E-state index in [1.807, 2.05) is 39.1 Å². The molecule has 0 radical (unpaired) electrons. The Hall–Kier alpha value is -1.51. The average molecular weight is 206 g/mol. The van der Waals surface area contributed by atoms with E-state index >= 15 is 0 Å². The van der Waals surface area contributed by atoms with E-state index in [9.17, 15) is 4.79 Å². The molecule has 15 heavy (non-hydrogen) atoms. The van der Waals surface area contributed by atoms with Crippen LogP contribution in [-0.2, 0) is 4.79 Å². The van der Waals surface area contributed by atoms with Crippen molar-refractivity contribution in [3.05, 3.63) is 23.8 Å². The number of carbonyl (C=O) groups is 1.